The molecule has 4 heteroatoms. The van der Waals surface area contributed by atoms with Crippen LogP contribution in [0.25, 0.3) is 22.6 Å². The highest BCUT2D eigenvalue weighted by molar-refractivity contribution is 5.77. The number of carbonyl (C=O) groups is 1. The Hall–Kier alpha value is -4.44. The molecule has 38 heavy (non-hydrogen) atoms. The van der Waals surface area contributed by atoms with Crippen molar-refractivity contribution in [3.63, 3.8) is 0 Å². The lowest BCUT2D eigenvalue weighted by atomic mass is 9.89. The monoisotopic (exact) mass is 501 g/mol. The van der Waals surface area contributed by atoms with Crippen molar-refractivity contribution in [3.8, 4) is 22.6 Å². The van der Waals surface area contributed by atoms with Gasteiger partial charge in [0.2, 0.25) is 5.89 Å². The van der Waals surface area contributed by atoms with Gasteiger partial charge < -0.3 is 9.52 Å². The minimum Gasteiger partial charge on any atom is -0.481 e. The maximum Gasteiger partial charge on any atom is 0.311 e. The minimum atomic E-state index is -0.808. The van der Waals surface area contributed by atoms with Crippen LogP contribution in [-0.4, -0.2) is 16.1 Å². The molecular formula is C34H31NO3. The average molecular weight is 502 g/mol. The number of benzene rings is 4. The minimum absolute atomic E-state index is 0.453. The smallest absolute Gasteiger partial charge is 0.311 e. The van der Waals surface area contributed by atoms with Gasteiger partial charge in [0.25, 0.3) is 0 Å². The molecule has 0 bridgehead atoms. The van der Waals surface area contributed by atoms with Crippen LogP contribution in [0.4, 0.5) is 0 Å². The zero-order chi connectivity index (χ0) is 26.3. The summed E-state index contributed by atoms with van der Waals surface area (Å²) in [4.78, 5) is 16.9. The molecule has 1 heterocycles. The largest absolute Gasteiger partial charge is 0.481 e. The first-order valence-corrected chi connectivity index (χ1v) is 13.0. The van der Waals surface area contributed by atoms with E-state index in [1.807, 2.05) is 91.9 Å². The first-order chi connectivity index (χ1) is 18.6. The number of aromatic nitrogens is 1. The maximum atomic E-state index is 12.2. The summed E-state index contributed by atoms with van der Waals surface area (Å²) in [5, 5.41) is 10.0. The van der Waals surface area contributed by atoms with Crippen LogP contribution < -0.4 is 0 Å². The second-order valence-corrected chi connectivity index (χ2v) is 9.64. The normalized spacial score (nSPS) is 11.8. The zero-order valence-electron chi connectivity index (χ0n) is 21.5. The lowest BCUT2D eigenvalue weighted by molar-refractivity contribution is -0.138. The average Bonchev–Trinajstić information content (AvgIpc) is 3.33. The molecule has 0 aliphatic carbocycles. The van der Waals surface area contributed by atoms with E-state index in [1.54, 1.807) is 0 Å². The van der Waals surface area contributed by atoms with Crippen LogP contribution in [0.2, 0.25) is 0 Å². The van der Waals surface area contributed by atoms with E-state index in [9.17, 15) is 9.90 Å². The quantitative estimate of drug-likeness (QED) is 0.211. The molecule has 0 spiro atoms. The van der Waals surface area contributed by atoms with E-state index in [1.165, 1.54) is 5.56 Å². The first kappa shape index (κ1) is 25.2. The van der Waals surface area contributed by atoms with Crippen molar-refractivity contribution in [2.75, 3.05) is 0 Å². The Bertz CT molecular complexity index is 1490. The van der Waals surface area contributed by atoms with Crippen LogP contribution in [0.5, 0.6) is 0 Å². The Balaban J connectivity index is 1.20. The van der Waals surface area contributed by atoms with E-state index in [2.05, 4.69) is 24.3 Å². The Kier molecular flexibility index (Phi) is 7.79. The molecule has 4 nitrogen and oxygen atoms in total. The fraction of sp³-hybridized carbons (Fsp3) is 0.176. The molecule has 190 valence electrons. The van der Waals surface area contributed by atoms with Gasteiger partial charge in [-0.15, -0.1) is 0 Å². The molecule has 0 fully saturated rings. The Morgan fingerprint density at radius 1 is 0.763 bits per heavy atom. The summed E-state index contributed by atoms with van der Waals surface area (Å²) in [6.07, 6.45) is 3.19. The Morgan fingerprint density at radius 2 is 1.39 bits per heavy atom. The van der Waals surface area contributed by atoms with Crippen LogP contribution in [-0.2, 0) is 24.1 Å². The summed E-state index contributed by atoms with van der Waals surface area (Å²) in [5.41, 5.74) is 7.18. The van der Waals surface area contributed by atoms with E-state index in [0.717, 1.165) is 58.5 Å². The summed E-state index contributed by atoms with van der Waals surface area (Å²) < 4.78 is 5.89. The molecule has 0 radical (unpaired) electrons. The van der Waals surface area contributed by atoms with Crippen LogP contribution in [0.15, 0.2) is 114 Å². The van der Waals surface area contributed by atoms with E-state index >= 15 is 0 Å². The van der Waals surface area contributed by atoms with Crippen LogP contribution in [0.1, 0.15) is 40.5 Å². The van der Waals surface area contributed by atoms with Crippen molar-refractivity contribution in [2.45, 2.75) is 38.5 Å². The molecule has 0 saturated carbocycles. The highest BCUT2D eigenvalue weighted by Crippen LogP contribution is 2.27. The second kappa shape index (κ2) is 11.7. The van der Waals surface area contributed by atoms with Crippen LogP contribution in [0.3, 0.4) is 0 Å². The molecule has 0 aliphatic heterocycles. The third kappa shape index (κ3) is 6.09. The van der Waals surface area contributed by atoms with Crippen molar-refractivity contribution in [3.05, 3.63) is 137 Å². The van der Waals surface area contributed by atoms with Gasteiger partial charge in [-0.1, -0.05) is 97.1 Å². The summed E-state index contributed by atoms with van der Waals surface area (Å²) in [5.74, 6) is 0.135. The third-order valence-electron chi connectivity index (χ3n) is 6.95. The molecule has 0 aliphatic rings. The highest BCUT2D eigenvalue weighted by Gasteiger charge is 2.21. The fourth-order valence-corrected chi connectivity index (χ4v) is 4.82. The molecule has 0 saturated heterocycles. The van der Waals surface area contributed by atoms with E-state index < -0.39 is 11.9 Å². The van der Waals surface area contributed by atoms with Gasteiger partial charge in [-0.25, -0.2) is 4.98 Å². The number of hydrogen-bond donors (Lipinski definition) is 1. The van der Waals surface area contributed by atoms with Gasteiger partial charge in [-0.3, -0.25) is 4.79 Å². The second-order valence-electron chi connectivity index (χ2n) is 9.64. The first-order valence-electron chi connectivity index (χ1n) is 13.0. The Morgan fingerprint density at radius 3 is 2.08 bits per heavy atom. The molecule has 4 aromatic carbocycles. The van der Waals surface area contributed by atoms with Crippen molar-refractivity contribution < 1.29 is 14.3 Å². The lowest BCUT2D eigenvalue weighted by Gasteiger charge is -2.15. The Labute approximate surface area is 223 Å². The topological polar surface area (TPSA) is 63.3 Å². The number of aryl methyl sites for hydroxylation is 3. The molecule has 1 atom stereocenters. The number of nitrogens with zero attached hydrogens (tertiary/aromatic N) is 1. The lowest BCUT2D eigenvalue weighted by Crippen LogP contribution is -2.14. The predicted octanol–water partition coefficient (Wildman–Crippen LogP) is 7.90. The molecular weight excluding hydrogens is 470 g/mol. The van der Waals surface area contributed by atoms with Gasteiger partial charge in [-0.05, 0) is 72.6 Å². The maximum absolute atomic E-state index is 12.2. The highest BCUT2D eigenvalue weighted by atomic mass is 16.4. The summed E-state index contributed by atoms with van der Waals surface area (Å²) in [6, 6.07) is 36.2. The number of aliphatic carboxylic acids is 1. The van der Waals surface area contributed by atoms with E-state index in [0.29, 0.717) is 12.3 Å². The molecule has 5 aromatic rings. The SMILES string of the molecule is Cc1oc(-c2ccccc2)nc1CCCc1ccc(CC(C(=O)O)c2cccc(-c3ccccc3)c2)cc1. The van der Waals surface area contributed by atoms with Crippen LogP contribution >= 0.6 is 0 Å². The standard InChI is InChI=1S/C34H31NO3/c1-24-32(35-33(38-24)28-13-6-3-7-14-28)17-8-10-25-18-20-26(21-19-25)22-31(34(36)37)30-16-9-15-29(23-30)27-11-4-2-5-12-27/h2-7,9,11-16,18-21,23,31H,8,10,17,22H2,1H3,(H,36,37). The molecule has 1 N–H and O–H groups in total. The zero-order valence-corrected chi connectivity index (χ0v) is 21.5. The number of carboxylic acids is 1. The summed E-state index contributed by atoms with van der Waals surface area (Å²) in [7, 11) is 0. The fourth-order valence-electron chi connectivity index (χ4n) is 4.82. The third-order valence-corrected chi connectivity index (χ3v) is 6.95. The van der Waals surface area contributed by atoms with Gasteiger partial charge in [0.05, 0.1) is 11.6 Å². The van der Waals surface area contributed by atoms with Crippen molar-refractivity contribution in [1.82, 2.24) is 4.98 Å². The van der Waals surface area contributed by atoms with Gasteiger partial charge in [0.1, 0.15) is 5.76 Å². The number of oxazole rings is 1. The van der Waals surface area contributed by atoms with E-state index in [-0.39, 0.29) is 0 Å². The van der Waals surface area contributed by atoms with Gasteiger partial charge in [0, 0.05) is 5.56 Å². The van der Waals surface area contributed by atoms with Gasteiger partial charge in [-0.2, -0.15) is 0 Å². The molecule has 1 unspecified atom stereocenters. The summed E-state index contributed by atoms with van der Waals surface area (Å²) >= 11 is 0. The molecule has 1 aromatic heterocycles. The van der Waals surface area contributed by atoms with Crippen LogP contribution in [0, 0.1) is 6.92 Å². The van der Waals surface area contributed by atoms with Crippen molar-refractivity contribution >= 4 is 5.97 Å². The van der Waals surface area contributed by atoms with Crippen molar-refractivity contribution in [2.24, 2.45) is 0 Å². The van der Waals surface area contributed by atoms with Crippen molar-refractivity contribution in [1.29, 1.82) is 0 Å². The van der Waals surface area contributed by atoms with E-state index in [4.69, 9.17) is 9.40 Å². The molecule has 5 rings (SSSR count). The number of carboxylic acid groups (broad SMARTS) is 1. The predicted molar refractivity (Wildman–Crippen MR) is 151 cm³/mol. The summed E-state index contributed by atoms with van der Waals surface area (Å²) in [6.45, 7) is 1.97. The number of hydrogen-bond acceptors (Lipinski definition) is 3. The molecule has 0 amide bonds. The van der Waals surface area contributed by atoms with Gasteiger partial charge >= 0.3 is 5.97 Å². The number of rotatable bonds is 10. The van der Waals surface area contributed by atoms with Gasteiger partial charge in [0.15, 0.2) is 0 Å².